The molecule has 0 spiro atoms. The molecule has 1 fully saturated rings. The number of carbonyl (C=O) groups is 1. The molecule has 2 aromatic carbocycles. The van der Waals surface area contributed by atoms with Gasteiger partial charge >= 0.3 is 0 Å². The molecule has 5 heteroatoms. The molecule has 0 aromatic heterocycles. The van der Waals surface area contributed by atoms with E-state index in [4.69, 9.17) is 5.26 Å². The van der Waals surface area contributed by atoms with Crippen LogP contribution in [0.4, 0.5) is 0 Å². The van der Waals surface area contributed by atoms with Gasteiger partial charge in [0.1, 0.15) is 6.54 Å². The number of nitriles is 1. The zero-order chi connectivity index (χ0) is 21.6. The van der Waals surface area contributed by atoms with E-state index >= 15 is 0 Å². The van der Waals surface area contributed by atoms with E-state index in [1.807, 2.05) is 48.5 Å². The highest BCUT2D eigenvalue weighted by atomic mass is 16.3. The van der Waals surface area contributed by atoms with Gasteiger partial charge in [0.15, 0.2) is 0 Å². The fourth-order valence-corrected chi connectivity index (χ4v) is 4.15. The highest BCUT2D eigenvalue weighted by Crippen LogP contribution is 2.33. The normalized spacial score (nSPS) is 16.6. The third-order valence-electron chi connectivity index (χ3n) is 5.84. The summed E-state index contributed by atoms with van der Waals surface area (Å²) in [6.45, 7) is 5.86. The minimum atomic E-state index is -0.757. The van der Waals surface area contributed by atoms with Crippen LogP contribution in [0, 0.1) is 17.2 Å². The van der Waals surface area contributed by atoms with Gasteiger partial charge in [-0.05, 0) is 60.5 Å². The second-order valence-electron chi connectivity index (χ2n) is 8.54. The predicted molar refractivity (Wildman–Crippen MR) is 119 cm³/mol. The van der Waals surface area contributed by atoms with E-state index in [1.165, 1.54) is 0 Å². The lowest BCUT2D eigenvalue weighted by Crippen LogP contribution is -2.39. The number of benzene rings is 2. The van der Waals surface area contributed by atoms with Crippen molar-refractivity contribution in [3.05, 3.63) is 59.7 Å². The summed E-state index contributed by atoms with van der Waals surface area (Å²) in [6.07, 6.45) is 2.16. The molecular weight excluding hydrogens is 374 g/mol. The first-order valence-corrected chi connectivity index (χ1v) is 10.7. The second kappa shape index (κ2) is 9.88. The summed E-state index contributed by atoms with van der Waals surface area (Å²) in [7, 11) is 0. The molecule has 0 aliphatic carbocycles. The maximum atomic E-state index is 12.6. The Morgan fingerprint density at radius 2 is 1.87 bits per heavy atom. The Bertz CT molecular complexity index is 893. The van der Waals surface area contributed by atoms with Gasteiger partial charge in [-0.2, -0.15) is 5.26 Å². The SMILES string of the molecule is CC(C)CC(C(=O)NCC#N)c1cccc(-c2ccc(C3(O)CCNCC3)cc2)c1. The van der Waals surface area contributed by atoms with Crippen LogP contribution in [-0.2, 0) is 10.4 Å². The minimum Gasteiger partial charge on any atom is -0.385 e. The Morgan fingerprint density at radius 1 is 1.17 bits per heavy atom. The van der Waals surface area contributed by atoms with Crippen molar-refractivity contribution in [2.75, 3.05) is 19.6 Å². The summed E-state index contributed by atoms with van der Waals surface area (Å²) >= 11 is 0. The Balaban J connectivity index is 1.84. The van der Waals surface area contributed by atoms with Crippen LogP contribution >= 0.6 is 0 Å². The van der Waals surface area contributed by atoms with Gasteiger partial charge in [0, 0.05) is 0 Å². The summed E-state index contributed by atoms with van der Waals surface area (Å²) in [6, 6.07) is 18.1. The quantitative estimate of drug-likeness (QED) is 0.613. The molecule has 1 amide bonds. The van der Waals surface area contributed by atoms with Crippen molar-refractivity contribution in [2.45, 2.75) is 44.6 Å². The monoisotopic (exact) mass is 405 g/mol. The second-order valence-corrected chi connectivity index (χ2v) is 8.54. The number of hydrogen-bond acceptors (Lipinski definition) is 4. The highest BCUT2D eigenvalue weighted by Gasteiger charge is 2.30. The largest absolute Gasteiger partial charge is 0.385 e. The average molecular weight is 406 g/mol. The van der Waals surface area contributed by atoms with Gasteiger partial charge in [0.2, 0.25) is 5.91 Å². The van der Waals surface area contributed by atoms with E-state index in [-0.39, 0.29) is 18.4 Å². The lowest BCUT2D eigenvalue weighted by atomic mass is 9.84. The Kier molecular flexibility index (Phi) is 7.25. The first-order chi connectivity index (χ1) is 14.4. The van der Waals surface area contributed by atoms with E-state index in [0.717, 1.165) is 54.6 Å². The Labute approximate surface area is 179 Å². The van der Waals surface area contributed by atoms with Crippen molar-refractivity contribution < 1.29 is 9.90 Å². The first-order valence-electron chi connectivity index (χ1n) is 10.7. The number of piperidine rings is 1. The zero-order valence-corrected chi connectivity index (χ0v) is 17.8. The average Bonchev–Trinajstić information content (AvgIpc) is 2.76. The van der Waals surface area contributed by atoms with Gasteiger partial charge in [0.05, 0.1) is 17.6 Å². The first kappa shape index (κ1) is 22.0. The Morgan fingerprint density at radius 3 is 2.50 bits per heavy atom. The summed E-state index contributed by atoms with van der Waals surface area (Å²) in [5, 5.41) is 25.7. The van der Waals surface area contributed by atoms with Crippen molar-refractivity contribution >= 4 is 5.91 Å². The van der Waals surface area contributed by atoms with Crippen LogP contribution in [0.25, 0.3) is 11.1 Å². The lowest BCUT2D eigenvalue weighted by molar-refractivity contribution is -0.122. The molecule has 5 nitrogen and oxygen atoms in total. The number of nitrogens with one attached hydrogen (secondary N) is 2. The maximum Gasteiger partial charge on any atom is 0.228 e. The van der Waals surface area contributed by atoms with Gasteiger partial charge in [-0.15, -0.1) is 0 Å². The lowest BCUT2D eigenvalue weighted by Gasteiger charge is -2.33. The van der Waals surface area contributed by atoms with E-state index < -0.39 is 5.60 Å². The number of nitrogens with zero attached hydrogens (tertiary/aromatic N) is 1. The van der Waals surface area contributed by atoms with Gasteiger partial charge in [-0.3, -0.25) is 4.79 Å². The molecule has 1 saturated heterocycles. The highest BCUT2D eigenvalue weighted by molar-refractivity contribution is 5.84. The minimum absolute atomic E-state index is 0.0208. The Hall–Kier alpha value is -2.68. The van der Waals surface area contributed by atoms with Crippen LogP contribution in [0.3, 0.4) is 0 Å². The van der Waals surface area contributed by atoms with Gasteiger partial charge in [-0.1, -0.05) is 62.4 Å². The molecule has 1 aliphatic heterocycles. The van der Waals surface area contributed by atoms with Crippen molar-refractivity contribution in [1.29, 1.82) is 5.26 Å². The number of rotatable bonds is 7. The topological polar surface area (TPSA) is 85.2 Å². The van der Waals surface area contributed by atoms with Gasteiger partial charge in [-0.25, -0.2) is 0 Å². The smallest absolute Gasteiger partial charge is 0.228 e. The van der Waals surface area contributed by atoms with Gasteiger partial charge < -0.3 is 15.7 Å². The molecule has 2 aromatic rings. The molecular formula is C25H31N3O2. The van der Waals surface area contributed by atoms with Crippen LogP contribution in [0.1, 0.15) is 50.2 Å². The van der Waals surface area contributed by atoms with E-state index in [0.29, 0.717) is 5.92 Å². The van der Waals surface area contributed by atoms with Crippen molar-refractivity contribution in [2.24, 2.45) is 5.92 Å². The summed E-state index contributed by atoms with van der Waals surface area (Å²) < 4.78 is 0. The van der Waals surface area contributed by atoms with Crippen LogP contribution in [-0.4, -0.2) is 30.6 Å². The molecule has 30 heavy (non-hydrogen) atoms. The number of amides is 1. The fourth-order valence-electron chi connectivity index (χ4n) is 4.15. The molecule has 1 heterocycles. The summed E-state index contributed by atoms with van der Waals surface area (Å²) in [5.41, 5.74) is 3.25. The number of carbonyl (C=O) groups excluding carboxylic acids is 1. The van der Waals surface area contributed by atoms with Crippen molar-refractivity contribution in [3.8, 4) is 17.2 Å². The van der Waals surface area contributed by atoms with E-state index in [2.05, 4.69) is 30.5 Å². The van der Waals surface area contributed by atoms with Crippen molar-refractivity contribution in [1.82, 2.24) is 10.6 Å². The van der Waals surface area contributed by atoms with E-state index in [9.17, 15) is 9.90 Å². The molecule has 3 N–H and O–H groups in total. The number of hydrogen-bond donors (Lipinski definition) is 3. The van der Waals surface area contributed by atoms with Crippen LogP contribution < -0.4 is 10.6 Å². The molecule has 0 radical (unpaired) electrons. The molecule has 1 atom stereocenters. The number of aliphatic hydroxyl groups is 1. The standard InChI is InChI=1S/C25H31N3O2/c1-18(2)16-23(24(29)28-15-12-26)21-5-3-4-20(17-21)19-6-8-22(9-7-19)25(30)10-13-27-14-11-25/h3-9,17-18,23,27,30H,10-11,13-16H2,1-2H3,(H,28,29). The fraction of sp³-hybridized carbons (Fsp3) is 0.440. The molecule has 0 bridgehead atoms. The zero-order valence-electron chi connectivity index (χ0n) is 17.8. The summed E-state index contributed by atoms with van der Waals surface area (Å²) in [5.74, 6) is -0.0320. The van der Waals surface area contributed by atoms with Crippen LogP contribution in [0.15, 0.2) is 48.5 Å². The third kappa shape index (κ3) is 5.27. The molecule has 1 aliphatic rings. The van der Waals surface area contributed by atoms with Gasteiger partial charge in [0.25, 0.3) is 0 Å². The molecule has 0 saturated carbocycles. The summed E-state index contributed by atoms with van der Waals surface area (Å²) in [4.78, 5) is 12.6. The third-order valence-corrected chi connectivity index (χ3v) is 5.84. The molecule has 3 rings (SSSR count). The molecule has 158 valence electrons. The van der Waals surface area contributed by atoms with E-state index in [1.54, 1.807) is 0 Å². The maximum absolute atomic E-state index is 12.6. The van der Waals surface area contributed by atoms with Crippen molar-refractivity contribution in [3.63, 3.8) is 0 Å². The van der Waals surface area contributed by atoms with Crippen LogP contribution in [0.5, 0.6) is 0 Å². The molecule has 1 unspecified atom stereocenters. The predicted octanol–water partition coefficient (Wildman–Crippen LogP) is 3.69. The van der Waals surface area contributed by atoms with Crippen LogP contribution in [0.2, 0.25) is 0 Å².